The molecule has 0 aliphatic rings. The molecule has 76 valence electrons. The molecule has 0 aromatic rings. The second-order valence-corrected chi connectivity index (χ2v) is 2.66. The maximum Gasteiger partial charge on any atom is 0.382 e. The van der Waals surface area contributed by atoms with Crippen LogP contribution in [-0.4, -0.2) is 30.6 Å². The molecular weight excluding hydrogens is 176 g/mol. The first-order valence-electron chi connectivity index (χ1n) is 3.82. The largest absolute Gasteiger partial charge is 0.596 e. The number of hydrogen-bond donors (Lipinski definition) is 0. The highest BCUT2D eigenvalue weighted by molar-refractivity contribution is 5.78. The molecular formula is C7H14N2O4. The van der Waals surface area contributed by atoms with E-state index < -0.39 is 11.5 Å². The molecule has 0 saturated heterocycles. The Bertz CT molecular complexity index is 217. The Morgan fingerprint density at radius 2 is 2.15 bits per heavy atom. The van der Waals surface area contributed by atoms with Gasteiger partial charge in [-0.1, -0.05) is 6.92 Å². The highest BCUT2D eigenvalue weighted by atomic mass is 16.7. The van der Waals surface area contributed by atoms with Crippen LogP contribution in [0.1, 0.15) is 20.3 Å². The van der Waals surface area contributed by atoms with Crippen molar-refractivity contribution in [1.82, 2.24) is 0 Å². The number of methoxy groups -OCH3 is 1. The molecule has 0 spiro atoms. The zero-order valence-corrected chi connectivity index (χ0v) is 8.23. The summed E-state index contributed by atoms with van der Waals surface area (Å²) in [5, 5.41) is 14.3. The standard InChI is InChI=1S/C7H14N2O4/c1-5-7(2,6(10)12-3)9(11)8-13-4/h5H2,1-4H3/b9-8-. The zero-order chi connectivity index (χ0) is 10.5. The van der Waals surface area contributed by atoms with Crippen molar-refractivity contribution in [1.29, 1.82) is 0 Å². The van der Waals surface area contributed by atoms with E-state index in [1.165, 1.54) is 21.1 Å². The molecule has 0 aliphatic carbocycles. The van der Waals surface area contributed by atoms with Gasteiger partial charge in [-0.05, 0) is 4.86 Å². The Labute approximate surface area is 76.7 Å². The van der Waals surface area contributed by atoms with E-state index in [0.717, 1.165) is 0 Å². The van der Waals surface area contributed by atoms with Crippen LogP contribution in [0.25, 0.3) is 0 Å². The molecule has 0 rings (SSSR count). The van der Waals surface area contributed by atoms with E-state index in [1.807, 2.05) is 0 Å². The molecule has 0 bridgehead atoms. The van der Waals surface area contributed by atoms with Gasteiger partial charge in [0.05, 0.1) is 7.11 Å². The second-order valence-electron chi connectivity index (χ2n) is 2.66. The molecule has 6 nitrogen and oxygen atoms in total. The van der Waals surface area contributed by atoms with Crippen LogP contribution in [0.2, 0.25) is 0 Å². The lowest BCUT2D eigenvalue weighted by atomic mass is 10.0. The van der Waals surface area contributed by atoms with Crippen LogP contribution in [0, 0.1) is 5.21 Å². The Hall–Kier alpha value is -1.33. The van der Waals surface area contributed by atoms with Gasteiger partial charge in [-0.2, -0.15) is 0 Å². The Balaban J connectivity index is 4.82. The van der Waals surface area contributed by atoms with Gasteiger partial charge in [0.15, 0.2) is 0 Å². The van der Waals surface area contributed by atoms with Crippen molar-refractivity contribution >= 4 is 5.97 Å². The van der Waals surface area contributed by atoms with Crippen LogP contribution in [-0.2, 0) is 14.4 Å². The lowest BCUT2D eigenvalue weighted by molar-refractivity contribution is -0.616. The van der Waals surface area contributed by atoms with E-state index in [0.29, 0.717) is 0 Å². The minimum Gasteiger partial charge on any atom is -0.596 e. The molecule has 0 heterocycles. The average molecular weight is 190 g/mol. The van der Waals surface area contributed by atoms with Gasteiger partial charge in [-0.25, -0.2) is 4.79 Å². The Morgan fingerprint density at radius 3 is 2.46 bits per heavy atom. The third-order valence-electron chi connectivity index (χ3n) is 1.89. The quantitative estimate of drug-likeness (QED) is 0.285. The van der Waals surface area contributed by atoms with Gasteiger partial charge in [-0.3, -0.25) is 0 Å². The molecule has 0 N–H and O–H groups in total. The topological polar surface area (TPSA) is 74.0 Å². The third-order valence-corrected chi connectivity index (χ3v) is 1.89. The van der Waals surface area contributed by atoms with E-state index in [4.69, 9.17) is 0 Å². The highest BCUT2D eigenvalue weighted by Gasteiger charge is 2.44. The summed E-state index contributed by atoms with van der Waals surface area (Å²) in [5.74, 6) is -0.634. The number of carbonyl (C=O) groups is 1. The summed E-state index contributed by atoms with van der Waals surface area (Å²) in [6.45, 7) is 3.13. The molecule has 6 heteroatoms. The summed E-state index contributed by atoms with van der Waals surface area (Å²) in [5.41, 5.74) is -1.31. The summed E-state index contributed by atoms with van der Waals surface area (Å²) in [7, 11) is 2.45. The molecule has 0 saturated carbocycles. The van der Waals surface area contributed by atoms with Gasteiger partial charge in [0.2, 0.25) is 5.28 Å². The summed E-state index contributed by atoms with van der Waals surface area (Å²) >= 11 is 0. The molecule has 0 radical (unpaired) electrons. The lowest BCUT2D eigenvalue weighted by Crippen LogP contribution is -2.44. The minimum absolute atomic E-state index is 0.207. The van der Waals surface area contributed by atoms with Crippen molar-refractivity contribution in [2.45, 2.75) is 25.8 Å². The fourth-order valence-electron chi connectivity index (χ4n) is 0.742. The van der Waals surface area contributed by atoms with Crippen LogP contribution in [0.15, 0.2) is 5.28 Å². The normalized spacial score (nSPS) is 16.2. The summed E-state index contributed by atoms with van der Waals surface area (Å²) in [6, 6.07) is 0. The summed E-state index contributed by atoms with van der Waals surface area (Å²) < 4.78 is 4.48. The van der Waals surface area contributed by atoms with Crippen LogP contribution in [0.5, 0.6) is 0 Å². The van der Waals surface area contributed by atoms with E-state index in [1.54, 1.807) is 6.92 Å². The predicted octanol–water partition coefficient (Wildman–Crippen LogP) is 0.852. The second kappa shape index (κ2) is 4.64. The maximum absolute atomic E-state index is 11.2. The first kappa shape index (κ1) is 11.7. The van der Waals surface area contributed by atoms with Crippen molar-refractivity contribution in [3.63, 3.8) is 0 Å². The Morgan fingerprint density at radius 1 is 1.62 bits per heavy atom. The fourth-order valence-corrected chi connectivity index (χ4v) is 0.742. The van der Waals surface area contributed by atoms with Crippen molar-refractivity contribution in [3.05, 3.63) is 5.21 Å². The first-order valence-corrected chi connectivity index (χ1v) is 3.82. The minimum atomic E-state index is -1.31. The van der Waals surface area contributed by atoms with Gasteiger partial charge in [-0.15, -0.1) is 0 Å². The molecule has 0 aromatic heterocycles. The van der Waals surface area contributed by atoms with Gasteiger partial charge in [0, 0.05) is 13.3 Å². The zero-order valence-electron chi connectivity index (χ0n) is 8.23. The van der Waals surface area contributed by atoms with Crippen molar-refractivity contribution in [2.24, 2.45) is 5.28 Å². The maximum atomic E-state index is 11.2. The van der Waals surface area contributed by atoms with Gasteiger partial charge >= 0.3 is 5.97 Å². The fraction of sp³-hybridized carbons (Fsp3) is 0.857. The molecule has 1 atom stereocenters. The van der Waals surface area contributed by atoms with Crippen molar-refractivity contribution < 1.29 is 19.2 Å². The van der Waals surface area contributed by atoms with Gasteiger partial charge < -0.3 is 14.8 Å². The Kier molecular flexibility index (Phi) is 4.16. The smallest absolute Gasteiger partial charge is 0.382 e. The first-order chi connectivity index (χ1) is 6.02. The molecule has 13 heavy (non-hydrogen) atoms. The molecule has 0 aromatic carbocycles. The van der Waals surface area contributed by atoms with Gasteiger partial charge in [0.25, 0.3) is 5.54 Å². The van der Waals surface area contributed by atoms with E-state index in [-0.39, 0.29) is 11.3 Å². The van der Waals surface area contributed by atoms with Crippen LogP contribution < -0.4 is 0 Å². The molecule has 1 unspecified atom stereocenters. The van der Waals surface area contributed by atoms with Gasteiger partial charge in [0.1, 0.15) is 7.11 Å². The number of rotatable bonds is 4. The van der Waals surface area contributed by atoms with Crippen LogP contribution in [0.4, 0.5) is 0 Å². The summed E-state index contributed by atoms with van der Waals surface area (Å²) in [6.07, 6.45) is 0.288. The third kappa shape index (κ3) is 2.30. The SMILES string of the molecule is CCC(C)(C(=O)OC)/[N+]([O-])=N/OC. The lowest BCUT2D eigenvalue weighted by Gasteiger charge is -2.19. The number of esters is 1. The number of ether oxygens (including phenoxy) is 1. The van der Waals surface area contributed by atoms with Crippen molar-refractivity contribution in [3.8, 4) is 0 Å². The van der Waals surface area contributed by atoms with E-state index in [9.17, 15) is 10.0 Å². The number of hydroxylamine groups is 1. The summed E-state index contributed by atoms with van der Waals surface area (Å²) in [4.78, 5) is 15.7. The number of carbonyl (C=O) groups excluding carboxylic acids is 1. The van der Waals surface area contributed by atoms with E-state index >= 15 is 0 Å². The molecule has 0 fully saturated rings. The predicted molar refractivity (Wildman–Crippen MR) is 43.8 cm³/mol. The van der Waals surface area contributed by atoms with E-state index in [2.05, 4.69) is 14.9 Å². The highest BCUT2D eigenvalue weighted by Crippen LogP contribution is 2.16. The van der Waals surface area contributed by atoms with Crippen LogP contribution >= 0.6 is 0 Å². The van der Waals surface area contributed by atoms with Crippen molar-refractivity contribution in [2.75, 3.05) is 14.2 Å². The number of hydrogen-bond acceptors (Lipinski definition) is 5. The number of nitrogens with zero attached hydrogens (tertiary/aromatic N) is 2. The van der Waals surface area contributed by atoms with Crippen LogP contribution in [0.3, 0.4) is 0 Å². The average Bonchev–Trinajstić information content (AvgIpc) is 2.15. The molecule has 0 amide bonds. The monoisotopic (exact) mass is 190 g/mol. The molecule has 0 aliphatic heterocycles.